The molecule has 2 aliphatic carbocycles. The molecule has 1 saturated carbocycles. The summed E-state index contributed by atoms with van der Waals surface area (Å²) in [5.41, 5.74) is 3.75. The number of rotatable bonds is 10. The van der Waals surface area contributed by atoms with Gasteiger partial charge in [0, 0.05) is 24.9 Å². The monoisotopic (exact) mass is 478 g/mol. The molecule has 0 spiro atoms. The van der Waals surface area contributed by atoms with Gasteiger partial charge < -0.3 is 20.5 Å². The van der Waals surface area contributed by atoms with Gasteiger partial charge in [-0.1, -0.05) is 74.7 Å². The van der Waals surface area contributed by atoms with Crippen molar-refractivity contribution in [3.05, 3.63) is 59.7 Å². The van der Waals surface area contributed by atoms with Crippen LogP contribution in [0.4, 0.5) is 4.79 Å². The number of aliphatic carboxylic acids is 1. The first-order chi connectivity index (χ1) is 16.9. The van der Waals surface area contributed by atoms with E-state index in [9.17, 15) is 19.5 Å². The standard InChI is InChI=1S/C28H34N2O5/c1-2-9-19(16-25(31)29-18-28(26(32)33)14-7-8-15-28)30-27(34)35-17-24-22-12-5-3-10-20(22)21-11-4-6-13-23(21)24/h3-6,10-13,19,24H,2,7-9,14-18H2,1H3,(H,29,31)(H,30,34)(H,32,33). The van der Waals surface area contributed by atoms with E-state index in [1.54, 1.807) is 0 Å². The molecular weight excluding hydrogens is 444 g/mol. The van der Waals surface area contributed by atoms with Crippen molar-refractivity contribution in [2.45, 2.75) is 63.8 Å². The molecule has 1 unspecified atom stereocenters. The third-order valence-electron chi connectivity index (χ3n) is 7.37. The van der Waals surface area contributed by atoms with Crippen molar-refractivity contribution in [2.75, 3.05) is 13.2 Å². The van der Waals surface area contributed by atoms with Crippen LogP contribution in [0.2, 0.25) is 0 Å². The van der Waals surface area contributed by atoms with Crippen molar-refractivity contribution in [2.24, 2.45) is 5.41 Å². The molecule has 7 nitrogen and oxygen atoms in total. The number of ether oxygens (including phenoxy) is 1. The van der Waals surface area contributed by atoms with Crippen LogP contribution < -0.4 is 10.6 Å². The van der Waals surface area contributed by atoms with Gasteiger partial charge in [-0.3, -0.25) is 9.59 Å². The molecule has 186 valence electrons. The second kappa shape index (κ2) is 10.9. The van der Waals surface area contributed by atoms with Crippen molar-refractivity contribution in [3.63, 3.8) is 0 Å². The molecule has 0 saturated heterocycles. The quantitative estimate of drug-likeness (QED) is 0.453. The molecule has 0 aliphatic heterocycles. The molecule has 3 N–H and O–H groups in total. The van der Waals surface area contributed by atoms with E-state index < -0.39 is 17.5 Å². The third kappa shape index (κ3) is 5.50. The number of hydrogen-bond donors (Lipinski definition) is 3. The minimum Gasteiger partial charge on any atom is -0.481 e. The lowest BCUT2D eigenvalue weighted by Crippen LogP contribution is -2.44. The summed E-state index contributed by atoms with van der Waals surface area (Å²) in [4.78, 5) is 36.9. The second-order valence-corrected chi connectivity index (χ2v) is 9.73. The first-order valence-corrected chi connectivity index (χ1v) is 12.5. The maximum Gasteiger partial charge on any atom is 0.407 e. The van der Waals surface area contributed by atoms with E-state index in [1.807, 2.05) is 31.2 Å². The topological polar surface area (TPSA) is 105 Å². The number of carboxylic acids is 1. The third-order valence-corrected chi connectivity index (χ3v) is 7.37. The molecule has 2 amide bonds. The number of hydrogen-bond acceptors (Lipinski definition) is 4. The van der Waals surface area contributed by atoms with Crippen LogP contribution in [0.3, 0.4) is 0 Å². The maximum atomic E-state index is 12.7. The number of carboxylic acid groups (broad SMARTS) is 1. The Hall–Kier alpha value is -3.35. The fraction of sp³-hybridized carbons (Fsp3) is 0.464. The highest BCUT2D eigenvalue weighted by Crippen LogP contribution is 2.44. The van der Waals surface area contributed by atoms with Crippen LogP contribution in [0.15, 0.2) is 48.5 Å². The maximum absolute atomic E-state index is 12.7. The highest BCUT2D eigenvalue weighted by atomic mass is 16.5. The zero-order valence-electron chi connectivity index (χ0n) is 20.2. The van der Waals surface area contributed by atoms with E-state index in [2.05, 4.69) is 34.9 Å². The molecule has 1 fully saturated rings. The van der Waals surface area contributed by atoms with Gasteiger partial charge in [0.25, 0.3) is 0 Å². The van der Waals surface area contributed by atoms with Crippen molar-refractivity contribution in [1.82, 2.24) is 10.6 Å². The summed E-state index contributed by atoms with van der Waals surface area (Å²) >= 11 is 0. The van der Waals surface area contributed by atoms with Crippen LogP contribution in [0.1, 0.15) is 68.9 Å². The Bertz CT molecular complexity index is 1030. The van der Waals surface area contributed by atoms with Gasteiger partial charge in [0.2, 0.25) is 5.91 Å². The van der Waals surface area contributed by atoms with Gasteiger partial charge in [0.15, 0.2) is 0 Å². The summed E-state index contributed by atoms with van der Waals surface area (Å²) in [6.45, 7) is 2.33. The number of benzene rings is 2. The summed E-state index contributed by atoms with van der Waals surface area (Å²) in [7, 11) is 0. The number of carbonyl (C=O) groups is 3. The van der Waals surface area contributed by atoms with Crippen molar-refractivity contribution >= 4 is 18.0 Å². The van der Waals surface area contributed by atoms with Gasteiger partial charge in [-0.25, -0.2) is 4.79 Å². The van der Waals surface area contributed by atoms with Gasteiger partial charge in [0.1, 0.15) is 6.61 Å². The molecule has 0 bridgehead atoms. The molecule has 4 rings (SSSR count). The summed E-state index contributed by atoms with van der Waals surface area (Å²) in [6, 6.07) is 15.9. The predicted molar refractivity (Wildman–Crippen MR) is 133 cm³/mol. The Morgan fingerprint density at radius 3 is 2.20 bits per heavy atom. The number of nitrogens with one attached hydrogen (secondary N) is 2. The van der Waals surface area contributed by atoms with Crippen LogP contribution in [-0.2, 0) is 14.3 Å². The van der Waals surface area contributed by atoms with Crippen LogP contribution in [-0.4, -0.2) is 42.3 Å². The minimum atomic E-state index is -0.865. The lowest BCUT2D eigenvalue weighted by Gasteiger charge is -2.25. The normalized spacial score (nSPS) is 16.7. The van der Waals surface area contributed by atoms with E-state index in [1.165, 1.54) is 11.1 Å². The Morgan fingerprint density at radius 2 is 1.63 bits per heavy atom. The predicted octanol–water partition coefficient (Wildman–Crippen LogP) is 4.85. The van der Waals surface area contributed by atoms with Gasteiger partial charge in [0.05, 0.1) is 5.41 Å². The fourth-order valence-corrected chi connectivity index (χ4v) is 5.46. The Labute approximate surface area is 206 Å². The molecule has 0 radical (unpaired) electrons. The van der Waals surface area contributed by atoms with Crippen LogP contribution in [0, 0.1) is 5.41 Å². The minimum absolute atomic E-state index is 0.0281. The molecular formula is C28H34N2O5. The van der Waals surface area contributed by atoms with Crippen molar-refractivity contribution < 1.29 is 24.2 Å². The summed E-state index contributed by atoms with van der Waals surface area (Å²) in [6.07, 6.45) is 3.86. The largest absolute Gasteiger partial charge is 0.481 e. The van der Waals surface area contributed by atoms with Gasteiger partial charge in [-0.15, -0.1) is 0 Å². The van der Waals surface area contributed by atoms with E-state index in [0.29, 0.717) is 19.3 Å². The highest BCUT2D eigenvalue weighted by molar-refractivity contribution is 5.81. The number of carbonyl (C=O) groups excluding carboxylic acids is 2. The fourth-order valence-electron chi connectivity index (χ4n) is 5.46. The molecule has 1 atom stereocenters. The second-order valence-electron chi connectivity index (χ2n) is 9.73. The average molecular weight is 479 g/mol. The first kappa shape index (κ1) is 24.8. The van der Waals surface area contributed by atoms with Crippen molar-refractivity contribution in [1.29, 1.82) is 0 Å². The molecule has 35 heavy (non-hydrogen) atoms. The smallest absolute Gasteiger partial charge is 0.407 e. The first-order valence-electron chi connectivity index (χ1n) is 12.5. The summed E-state index contributed by atoms with van der Waals surface area (Å²) < 4.78 is 5.63. The van der Waals surface area contributed by atoms with Gasteiger partial charge in [-0.05, 0) is 41.5 Å². The van der Waals surface area contributed by atoms with Crippen LogP contribution >= 0.6 is 0 Å². The molecule has 0 heterocycles. The average Bonchev–Trinajstić information content (AvgIpc) is 3.46. The summed E-state index contributed by atoms with van der Waals surface area (Å²) in [5.74, 6) is -1.13. The molecule has 2 aromatic rings. The lowest BCUT2D eigenvalue weighted by atomic mass is 9.86. The molecule has 7 heteroatoms. The van der Waals surface area contributed by atoms with Crippen LogP contribution in [0.5, 0.6) is 0 Å². The van der Waals surface area contributed by atoms with Crippen LogP contribution in [0.25, 0.3) is 11.1 Å². The van der Waals surface area contributed by atoms with Gasteiger partial charge >= 0.3 is 12.1 Å². The molecule has 2 aromatic carbocycles. The van der Waals surface area contributed by atoms with Gasteiger partial charge in [-0.2, -0.15) is 0 Å². The van der Waals surface area contributed by atoms with E-state index in [-0.39, 0.29) is 37.4 Å². The summed E-state index contributed by atoms with van der Waals surface area (Å²) in [5, 5.41) is 15.2. The number of fused-ring (bicyclic) bond motifs is 3. The van der Waals surface area contributed by atoms with E-state index >= 15 is 0 Å². The number of alkyl carbamates (subject to hydrolysis) is 1. The van der Waals surface area contributed by atoms with E-state index in [0.717, 1.165) is 30.4 Å². The Balaban J connectivity index is 1.31. The Morgan fingerprint density at radius 1 is 1.03 bits per heavy atom. The lowest BCUT2D eigenvalue weighted by molar-refractivity contribution is -0.148. The zero-order valence-corrected chi connectivity index (χ0v) is 20.2. The molecule has 0 aromatic heterocycles. The van der Waals surface area contributed by atoms with Crippen molar-refractivity contribution in [3.8, 4) is 11.1 Å². The van der Waals surface area contributed by atoms with E-state index in [4.69, 9.17) is 4.74 Å². The molecule has 2 aliphatic rings. The SMILES string of the molecule is CCCC(CC(=O)NCC1(C(=O)O)CCCC1)NC(=O)OCC1c2ccccc2-c2ccccc21. The Kier molecular flexibility index (Phi) is 7.73. The zero-order chi connectivity index (χ0) is 24.8. The number of amides is 2. The highest BCUT2D eigenvalue weighted by Gasteiger charge is 2.41.